The summed E-state index contributed by atoms with van der Waals surface area (Å²) >= 11 is 0. The van der Waals surface area contributed by atoms with Crippen LogP contribution in [0.25, 0.3) is 5.69 Å². The van der Waals surface area contributed by atoms with Gasteiger partial charge in [0.1, 0.15) is 0 Å². The fourth-order valence-corrected chi connectivity index (χ4v) is 1.96. The molecule has 5 heteroatoms. The second-order valence-corrected chi connectivity index (χ2v) is 4.16. The number of aromatic nitrogens is 2. The molecule has 0 atom stereocenters. The van der Waals surface area contributed by atoms with Gasteiger partial charge in [0, 0.05) is 0 Å². The molecule has 2 rings (SSSR count). The van der Waals surface area contributed by atoms with Crippen molar-refractivity contribution in [1.29, 1.82) is 0 Å². The van der Waals surface area contributed by atoms with Crippen LogP contribution in [0.4, 0.5) is 0 Å². The Morgan fingerprint density at radius 3 is 2.68 bits per heavy atom. The summed E-state index contributed by atoms with van der Waals surface area (Å²) in [4.78, 5) is 22.5. The van der Waals surface area contributed by atoms with Crippen LogP contribution in [0, 0.1) is 13.8 Å². The Morgan fingerprint density at radius 2 is 2.11 bits per heavy atom. The van der Waals surface area contributed by atoms with Crippen molar-refractivity contribution in [2.24, 2.45) is 0 Å². The monoisotopic (exact) mass is 258 g/mol. The van der Waals surface area contributed by atoms with Crippen molar-refractivity contribution in [3.8, 4) is 5.69 Å². The number of esters is 1. The highest BCUT2D eigenvalue weighted by atomic mass is 16.5. The number of hydrogen-bond donors (Lipinski definition) is 0. The lowest BCUT2D eigenvalue weighted by Crippen LogP contribution is -2.04. The number of nitrogens with zero attached hydrogens (tertiary/aromatic N) is 2. The molecule has 1 heterocycles. The fraction of sp³-hybridized carbons (Fsp3) is 0.214. The van der Waals surface area contributed by atoms with E-state index in [1.807, 2.05) is 13.0 Å². The third-order valence-corrected chi connectivity index (χ3v) is 2.98. The number of carbonyl (C=O) groups excluding carboxylic acids is 2. The number of hydrogen-bond acceptors (Lipinski definition) is 4. The molecule has 0 aliphatic rings. The highest BCUT2D eigenvalue weighted by molar-refractivity contribution is 5.90. The van der Waals surface area contributed by atoms with E-state index < -0.39 is 5.97 Å². The first-order chi connectivity index (χ1) is 9.08. The van der Waals surface area contributed by atoms with Crippen LogP contribution in [-0.4, -0.2) is 29.1 Å². The van der Waals surface area contributed by atoms with E-state index >= 15 is 0 Å². The van der Waals surface area contributed by atoms with Crippen molar-refractivity contribution in [3.05, 3.63) is 46.8 Å². The predicted molar refractivity (Wildman–Crippen MR) is 69.8 cm³/mol. The van der Waals surface area contributed by atoms with E-state index in [1.54, 1.807) is 29.8 Å². The maximum absolute atomic E-state index is 11.5. The van der Waals surface area contributed by atoms with E-state index in [1.165, 1.54) is 7.11 Å². The molecule has 0 saturated carbocycles. The molecule has 0 aliphatic heterocycles. The lowest BCUT2D eigenvalue weighted by Gasteiger charge is -2.06. The molecule has 0 amide bonds. The fourth-order valence-electron chi connectivity index (χ4n) is 1.96. The van der Waals surface area contributed by atoms with Crippen molar-refractivity contribution in [3.63, 3.8) is 0 Å². The normalized spacial score (nSPS) is 10.3. The van der Waals surface area contributed by atoms with Crippen LogP contribution >= 0.6 is 0 Å². The van der Waals surface area contributed by atoms with Gasteiger partial charge in [-0.05, 0) is 32.0 Å². The number of ether oxygens (including phenoxy) is 1. The zero-order valence-electron chi connectivity index (χ0n) is 11.0. The van der Waals surface area contributed by atoms with E-state index in [2.05, 4.69) is 9.84 Å². The first-order valence-electron chi connectivity index (χ1n) is 5.78. The molecule has 1 aromatic heterocycles. The smallest absolute Gasteiger partial charge is 0.337 e. The second-order valence-electron chi connectivity index (χ2n) is 4.16. The summed E-state index contributed by atoms with van der Waals surface area (Å²) in [6.45, 7) is 3.59. The Balaban J connectivity index is 2.53. The van der Waals surface area contributed by atoms with Crippen LogP contribution in [0.15, 0.2) is 24.3 Å². The first kappa shape index (κ1) is 13.0. The first-order valence-corrected chi connectivity index (χ1v) is 5.78. The predicted octanol–water partition coefficient (Wildman–Crippen LogP) is 2.09. The van der Waals surface area contributed by atoms with E-state index in [9.17, 15) is 9.59 Å². The zero-order chi connectivity index (χ0) is 14.0. The Kier molecular flexibility index (Phi) is 3.46. The topological polar surface area (TPSA) is 61.2 Å². The minimum Gasteiger partial charge on any atom is -0.465 e. The molecule has 19 heavy (non-hydrogen) atoms. The van der Waals surface area contributed by atoms with Gasteiger partial charge < -0.3 is 4.74 Å². The number of benzene rings is 1. The number of methoxy groups -OCH3 is 1. The molecule has 0 bridgehead atoms. The maximum atomic E-state index is 11.5. The molecule has 98 valence electrons. The quantitative estimate of drug-likeness (QED) is 0.624. The third kappa shape index (κ3) is 2.27. The number of aldehydes is 1. The lowest BCUT2D eigenvalue weighted by molar-refractivity contribution is 0.0600. The summed E-state index contributed by atoms with van der Waals surface area (Å²) in [6, 6.07) is 6.92. The van der Waals surface area contributed by atoms with Crippen molar-refractivity contribution in [2.75, 3.05) is 7.11 Å². The van der Waals surface area contributed by atoms with Gasteiger partial charge in [-0.15, -0.1) is 0 Å². The minimum absolute atomic E-state index is 0.404. The molecule has 0 aliphatic carbocycles. The Hall–Kier alpha value is -2.43. The van der Waals surface area contributed by atoms with Crippen molar-refractivity contribution in [2.45, 2.75) is 13.8 Å². The van der Waals surface area contributed by atoms with Gasteiger partial charge in [0.05, 0.1) is 35.3 Å². The molecule has 2 aromatic rings. The molecule has 0 spiro atoms. The Labute approximate surface area is 110 Å². The van der Waals surface area contributed by atoms with Crippen LogP contribution < -0.4 is 0 Å². The largest absolute Gasteiger partial charge is 0.465 e. The van der Waals surface area contributed by atoms with Crippen LogP contribution in [0.1, 0.15) is 32.1 Å². The van der Waals surface area contributed by atoms with Crippen molar-refractivity contribution >= 4 is 12.3 Å². The van der Waals surface area contributed by atoms with E-state index in [0.717, 1.165) is 17.7 Å². The zero-order valence-corrected chi connectivity index (χ0v) is 11.0. The summed E-state index contributed by atoms with van der Waals surface area (Å²) < 4.78 is 6.33. The van der Waals surface area contributed by atoms with Crippen molar-refractivity contribution < 1.29 is 14.3 Å². The Bertz CT molecular complexity index is 644. The van der Waals surface area contributed by atoms with Gasteiger partial charge in [-0.2, -0.15) is 5.10 Å². The van der Waals surface area contributed by atoms with Gasteiger partial charge >= 0.3 is 5.97 Å². The van der Waals surface area contributed by atoms with Gasteiger partial charge in [-0.25, -0.2) is 9.48 Å². The standard InChI is InChI=1S/C14H14N2O3/c1-9-13(8-17)10(2)16(15-9)12-6-4-5-11(7-12)14(18)19-3/h4-8H,1-3H3. The second kappa shape index (κ2) is 5.06. The highest BCUT2D eigenvalue weighted by Crippen LogP contribution is 2.17. The SMILES string of the molecule is COC(=O)c1cccc(-n2nc(C)c(C=O)c2C)c1. The van der Waals surface area contributed by atoms with Crippen LogP contribution in [-0.2, 0) is 4.74 Å². The average Bonchev–Trinajstić information content (AvgIpc) is 2.72. The van der Waals surface area contributed by atoms with E-state index in [0.29, 0.717) is 16.8 Å². The molecule has 0 saturated heterocycles. The molecular formula is C14H14N2O3. The van der Waals surface area contributed by atoms with Gasteiger partial charge in [-0.1, -0.05) is 6.07 Å². The molecule has 0 unspecified atom stereocenters. The molecule has 0 N–H and O–H groups in total. The van der Waals surface area contributed by atoms with Gasteiger partial charge in [-0.3, -0.25) is 4.79 Å². The van der Waals surface area contributed by atoms with Crippen LogP contribution in [0.3, 0.4) is 0 Å². The summed E-state index contributed by atoms with van der Waals surface area (Å²) in [7, 11) is 1.34. The Morgan fingerprint density at radius 1 is 1.37 bits per heavy atom. The molecule has 0 radical (unpaired) electrons. The average molecular weight is 258 g/mol. The maximum Gasteiger partial charge on any atom is 0.337 e. The number of rotatable bonds is 3. The molecule has 5 nitrogen and oxygen atoms in total. The minimum atomic E-state index is -0.404. The van der Waals surface area contributed by atoms with Gasteiger partial charge in [0.25, 0.3) is 0 Å². The molecular weight excluding hydrogens is 244 g/mol. The third-order valence-electron chi connectivity index (χ3n) is 2.98. The molecule has 0 fully saturated rings. The highest BCUT2D eigenvalue weighted by Gasteiger charge is 2.13. The van der Waals surface area contributed by atoms with Crippen LogP contribution in [0.2, 0.25) is 0 Å². The van der Waals surface area contributed by atoms with Gasteiger partial charge in [0.15, 0.2) is 6.29 Å². The summed E-state index contributed by atoms with van der Waals surface area (Å²) in [5, 5.41) is 4.31. The van der Waals surface area contributed by atoms with Gasteiger partial charge in [0.2, 0.25) is 0 Å². The van der Waals surface area contributed by atoms with E-state index in [-0.39, 0.29) is 0 Å². The van der Waals surface area contributed by atoms with Crippen LogP contribution in [0.5, 0.6) is 0 Å². The summed E-state index contributed by atoms with van der Waals surface area (Å²) in [5.74, 6) is -0.404. The number of aryl methyl sites for hydroxylation is 1. The lowest BCUT2D eigenvalue weighted by atomic mass is 10.2. The summed E-state index contributed by atoms with van der Waals surface area (Å²) in [6.07, 6.45) is 0.790. The van der Waals surface area contributed by atoms with E-state index in [4.69, 9.17) is 0 Å². The summed E-state index contributed by atoms with van der Waals surface area (Å²) in [5.41, 5.74) is 3.14. The van der Waals surface area contributed by atoms with Crippen molar-refractivity contribution in [1.82, 2.24) is 9.78 Å². The number of carbonyl (C=O) groups is 2. The molecule has 1 aromatic carbocycles.